The van der Waals surface area contributed by atoms with Gasteiger partial charge in [-0.2, -0.15) is 0 Å². The predicted molar refractivity (Wildman–Crippen MR) is 85.2 cm³/mol. The maximum absolute atomic E-state index is 9.84. The van der Waals surface area contributed by atoms with Gasteiger partial charge in [0, 0.05) is 31.4 Å². The minimum absolute atomic E-state index is 0.138. The highest BCUT2D eigenvalue weighted by Gasteiger charge is 2.24. The molecule has 1 aromatic carbocycles. The summed E-state index contributed by atoms with van der Waals surface area (Å²) in [6.45, 7) is 11.5. The Balaban J connectivity index is 2.06. The van der Waals surface area contributed by atoms with Crippen LogP contribution < -0.4 is 10.2 Å². The molecule has 1 fully saturated rings. The minimum atomic E-state index is -0.138. The molecule has 1 aromatic rings. The fraction of sp³-hybridized carbons (Fsp3) is 0.647. The molecule has 1 saturated heterocycles. The first-order valence-electron chi connectivity index (χ1n) is 7.73. The average Bonchev–Trinajstić information content (AvgIpc) is 2.40. The number of aryl methyl sites for hydroxylation is 1. The van der Waals surface area contributed by atoms with E-state index in [2.05, 4.69) is 56.1 Å². The van der Waals surface area contributed by atoms with Gasteiger partial charge >= 0.3 is 0 Å². The molecule has 0 amide bonds. The van der Waals surface area contributed by atoms with E-state index in [4.69, 9.17) is 0 Å². The first-order chi connectivity index (χ1) is 9.47. The van der Waals surface area contributed by atoms with Crippen LogP contribution in [-0.2, 0) is 6.54 Å². The van der Waals surface area contributed by atoms with E-state index in [0.29, 0.717) is 12.0 Å². The molecule has 1 aliphatic rings. The van der Waals surface area contributed by atoms with E-state index < -0.39 is 0 Å². The van der Waals surface area contributed by atoms with E-state index in [9.17, 15) is 5.11 Å². The molecule has 2 unspecified atom stereocenters. The normalized spacial score (nSPS) is 23.4. The highest BCUT2D eigenvalue weighted by atomic mass is 16.3. The van der Waals surface area contributed by atoms with Gasteiger partial charge in [0.2, 0.25) is 0 Å². The summed E-state index contributed by atoms with van der Waals surface area (Å²) in [5.41, 5.74) is 3.98. The highest BCUT2D eigenvalue weighted by molar-refractivity contribution is 5.55. The molecule has 2 rings (SSSR count). The van der Waals surface area contributed by atoms with Gasteiger partial charge in [0.1, 0.15) is 0 Å². The number of benzene rings is 1. The van der Waals surface area contributed by atoms with Crippen LogP contribution in [0.2, 0.25) is 0 Å². The van der Waals surface area contributed by atoms with E-state index in [1.165, 1.54) is 16.8 Å². The number of anilines is 1. The lowest BCUT2D eigenvalue weighted by atomic mass is 9.95. The SMILES string of the molecule is Cc1cc(CNC(C)C)ccc1N1CCC(O)C(C)C1. The zero-order valence-corrected chi connectivity index (χ0v) is 13.2. The standard InChI is InChI=1S/C17H28N2O/c1-12(2)18-10-15-5-6-16(13(3)9-15)19-8-7-17(20)14(4)11-19/h5-6,9,12,14,17-18,20H,7-8,10-11H2,1-4H3. The zero-order chi connectivity index (χ0) is 14.7. The third-order valence-electron chi connectivity index (χ3n) is 4.18. The average molecular weight is 276 g/mol. The third kappa shape index (κ3) is 3.74. The molecular weight excluding hydrogens is 248 g/mol. The van der Waals surface area contributed by atoms with Gasteiger partial charge in [-0.25, -0.2) is 0 Å². The van der Waals surface area contributed by atoms with Gasteiger partial charge in [0.25, 0.3) is 0 Å². The molecule has 3 nitrogen and oxygen atoms in total. The van der Waals surface area contributed by atoms with Crippen molar-refractivity contribution in [2.24, 2.45) is 5.92 Å². The molecule has 0 aliphatic carbocycles. The fourth-order valence-corrected chi connectivity index (χ4v) is 2.86. The Morgan fingerprint density at radius 1 is 1.40 bits per heavy atom. The van der Waals surface area contributed by atoms with Crippen LogP contribution in [0.1, 0.15) is 38.3 Å². The monoisotopic (exact) mass is 276 g/mol. The molecule has 2 atom stereocenters. The van der Waals surface area contributed by atoms with Crippen LogP contribution in [-0.4, -0.2) is 30.3 Å². The number of piperidine rings is 1. The molecule has 1 aliphatic heterocycles. The summed E-state index contributed by atoms with van der Waals surface area (Å²) >= 11 is 0. The lowest BCUT2D eigenvalue weighted by molar-refractivity contribution is 0.0970. The summed E-state index contributed by atoms with van der Waals surface area (Å²) in [6, 6.07) is 7.24. The molecule has 0 aromatic heterocycles. The second-order valence-corrected chi connectivity index (χ2v) is 6.44. The van der Waals surface area contributed by atoms with Crippen molar-refractivity contribution in [2.75, 3.05) is 18.0 Å². The summed E-state index contributed by atoms with van der Waals surface area (Å²) < 4.78 is 0. The van der Waals surface area contributed by atoms with Gasteiger partial charge in [0.05, 0.1) is 6.10 Å². The smallest absolute Gasteiger partial charge is 0.0599 e. The van der Waals surface area contributed by atoms with Crippen molar-refractivity contribution in [3.8, 4) is 0 Å². The second-order valence-electron chi connectivity index (χ2n) is 6.44. The molecule has 112 valence electrons. The molecule has 0 bridgehead atoms. The van der Waals surface area contributed by atoms with E-state index in [-0.39, 0.29) is 6.10 Å². The van der Waals surface area contributed by atoms with Crippen molar-refractivity contribution in [1.82, 2.24) is 5.32 Å². The maximum atomic E-state index is 9.84. The van der Waals surface area contributed by atoms with Gasteiger partial charge in [-0.05, 0) is 36.5 Å². The fourth-order valence-electron chi connectivity index (χ4n) is 2.86. The van der Waals surface area contributed by atoms with Crippen LogP contribution in [0, 0.1) is 12.8 Å². The summed E-state index contributed by atoms with van der Waals surface area (Å²) in [5.74, 6) is 0.352. The third-order valence-corrected chi connectivity index (χ3v) is 4.18. The van der Waals surface area contributed by atoms with Gasteiger partial charge in [-0.15, -0.1) is 0 Å². The van der Waals surface area contributed by atoms with Crippen molar-refractivity contribution in [3.05, 3.63) is 29.3 Å². The number of nitrogens with zero attached hydrogens (tertiary/aromatic N) is 1. The first-order valence-corrected chi connectivity index (χ1v) is 7.73. The van der Waals surface area contributed by atoms with Crippen molar-refractivity contribution >= 4 is 5.69 Å². The Morgan fingerprint density at radius 2 is 2.15 bits per heavy atom. The van der Waals surface area contributed by atoms with Crippen molar-refractivity contribution in [3.63, 3.8) is 0 Å². The van der Waals surface area contributed by atoms with E-state index in [1.54, 1.807) is 0 Å². The van der Waals surface area contributed by atoms with Crippen molar-refractivity contribution in [1.29, 1.82) is 0 Å². The molecule has 1 heterocycles. The zero-order valence-electron chi connectivity index (χ0n) is 13.2. The number of hydrogen-bond acceptors (Lipinski definition) is 3. The quantitative estimate of drug-likeness (QED) is 0.887. The Bertz CT molecular complexity index is 445. The van der Waals surface area contributed by atoms with Crippen LogP contribution in [0.3, 0.4) is 0 Å². The summed E-state index contributed by atoms with van der Waals surface area (Å²) in [4.78, 5) is 2.41. The number of rotatable bonds is 4. The van der Waals surface area contributed by atoms with E-state index >= 15 is 0 Å². The molecule has 3 heteroatoms. The van der Waals surface area contributed by atoms with Crippen LogP contribution >= 0.6 is 0 Å². The molecule has 2 N–H and O–H groups in total. The molecule has 0 radical (unpaired) electrons. The van der Waals surface area contributed by atoms with Gasteiger partial charge < -0.3 is 15.3 Å². The van der Waals surface area contributed by atoms with Crippen LogP contribution in [0.15, 0.2) is 18.2 Å². The number of aliphatic hydroxyl groups is 1. The Labute approximate surface area is 123 Å². The second kappa shape index (κ2) is 6.59. The first kappa shape index (κ1) is 15.3. The molecule has 0 spiro atoms. The molecular formula is C17H28N2O. The predicted octanol–water partition coefficient (Wildman–Crippen LogP) is 2.70. The van der Waals surface area contributed by atoms with Crippen molar-refractivity contribution < 1.29 is 5.11 Å². The minimum Gasteiger partial charge on any atom is -0.393 e. The van der Waals surface area contributed by atoms with Crippen molar-refractivity contribution in [2.45, 2.75) is 52.8 Å². The lowest BCUT2D eigenvalue weighted by Crippen LogP contribution is -2.42. The van der Waals surface area contributed by atoms with Crippen LogP contribution in [0.5, 0.6) is 0 Å². The number of nitrogens with one attached hydrogen (secondary N) is 1. The summed E-state index contributed by atoms with van der Waals surface area (Å²) in [7, 11) is 0. The van der Waals surface area contributed by atoms with Gasteiger partial charge in [0.15, 0.2) is 0 Å². The Kier molecular flexibility index (Phi) is 5.06. The summed E-state index contributed by atoms with van der Waals surface area (Å²) in [5, 5.41) is 13.3. The lowest BCUT2D eigenvalue weighted by Gasteiger charge is -2.36. The summed E-state index contributed by atoms with van der Waals surface area (Å²) in [6.07, 6.45) is 0.734. The largest absolute Gasteiger partial charge is 0.393 e. The van der Waals surface area contributed by atoms with Crippen LogP contribution in [0.25, 0.3) is 0 Å². The molecule has 20 heavy (non-hydrogen) atoms. The number of hydrogen-bond donors (Lipinski definition) is 2. The van der Waals surface area contributed by atoms with Gasteiger partial charge in [-0.3, -0.25) is 0 Å². The van der Waals surface area contributed by atoms with Crippen LogP contribution in [0.4, 0.5) is 5.69 Å². The van der Waals surface area contributed by atoms with E-state index in [1.807, 2.05) is 0 Å². The topological polar surface area (TPSA) is 35.5 Å². The molecule has 0 saturated carbocycles. The van der Waals surface area contributed by atoms with Gasteiger partial charge in [-0.1, -0.05) is 32.9 Å². The maximum Gasteiger partial charge on any atom is 0.0599 e. The van der Waals surface area contributed by atoms with E-state index in [0.717, 1.165) is 26.1 Å². The Hall–Kier alpha value is -1.06. The Morgan fingerprint density at radius 3 is 2.75 bits per heavy atom. The highest BCUT2D eigenvalue weighted by Crippen LogP contribution is 2.27. The number of aliphatic hydroxyl groups excluding tert-OH is 1.